The molecular formula is C14H19N2P. The van der Waals surface area contributed by atoms with Gasteiger partial charge in [0.25, 0.3) is 0 Å². The average molecular weight is 246 g/mol. The van der Waals surface area contributed by atoms with E-state index in [-0.39, 0.29) is 7.92 Å². The van der Waals surface area contributed by atoms with Gasteiger partial charge in [0.05, 0.1) is 22.7 Å². The lowest BCUT2D eigenvalue weighted by atomic mass is 10.3. The molecule has 90 valence electrons. The van der Waals surface area contributed by atoms with Gasteiger partial charge in [0, 0.05) is 0 Å². The maximum Gasteiger partial charge on any atom is 0.0894 e. The van der Waals surface area contributed by atoms with Crippen molar-refractivity contribution in [1.29, 1.82) is 0 Å². The van der Waals surface area contributed by atoms with Crippen LogP contribution in [0.2, 0.25) is 0 Å². The van der Waals surface area contributed by atoms with Crippen LogP contribution in [0.5, 0.6) is 0 Å². The molecule has 0 amide bonds. The fraction of sp³-hybridized carbons (Fsp3) is 0.429. The largest absolute Gasteiger partial charge is 0.252 e. The Balaban J connectivity index is 2.32. The molecule has 0 unspecified atom stereocenters. The standard InChI is InChI=1S/C14H19N2P/c1-3-9-17(10-4-2)14-11-15-12-7-5-6-8-13(12)16-14/h5-8,11H,3-4,9-10H2,1-2H3. The van der Waals surface area contributed by atoms with Crippen molar-refractivity contribution in [3.05, 3.63) is 30.5 Å². The number of benzene rings is 1. The van der Waals surface area contributed by atoms with Gasteiger partial charge in [-0.05, 0) is 24.5 Å². The first kappa shape index (κ1) is 12.4. The third kappa shape index (κ3) is 3.01. The minimum absolute atomic E-state index is 0.103. The van der Waals surface area contributed by atoms with E-state index >= 15 is 0 Å². The lowest BCUT2D eigenvalue weighted by Gasteiger charge is -2.15. The van der Waals surface area contributed by atoms with E-state index in [4.69, 9.17) is 4.98 Å². The molecule has 1 aromatic carbocycles. The molecule has 3 heteroatoms. The van der Waals surface area contributed by atoms with E-state index in [0.29, 0.717) is 0 Å². The first-order valence-corrected chi connectivity index (χ1v) is 8.03. The van der Waals surface area contributed by atoms with Gasteiger partial charge in [-0.3, -0.25) is 4.98 Å². The van der Waals surface area contributed by atoms with Gasteiger partial charge in [-0.15, -0.1) is 0 Å². The number of rotatable bonds is 5. The van der Waals surface area contributed by atoms with Crippen molar-refractivity contribution >= 4 is 24.4 Å². The van der Waals surface area contributed by atoms with Gasteiger partial charge in [-0.2, -0.15) is 0 Å². The van der Waals surface area contributed by atoms with Crippen molar-refractivity contribution in [2.45, 2.75) is 26.7 Å². The molecule has 0 N–H and O–H groups in total. The average Bonchev–Trinajstić information content (AvgIpc) is 2.38. The molecule has 0 saturated heterocycles. The minimum Gasteiger partial charge on any atom is -0.252 e. The van der Waals surface area contributed by atoms with E-state index < -0.39 is 0 Å². The van der Waals surface area contributed by atoms with Gasteiger partial charge in [-0.1, -0.05) is 46.7 Å². The highest BCUT2D eigenvalue weighted by molar-refractivity contribution is 7.65. The molecule has 2 aromatic rings. The number of fused-ring (bicyclic) bond motifs is 1. The number of hydrogen-bond donors (Lipinski definition) is 0. The summed E-state index contributed by atoms with van der Waals surface area (Å²) in [6, 6.07) is 8.12. The normalized spacial score (nSPS) is 11.2. The van der Waals surface area contributed by atoms with Crippen LogP contribution in [-0.4, -0.2) is 22.3 Å². The smallest absolute Gasteiger partial charge is 0.0894 e. The molecule has 1 heterocycles. The maximum absolute atomic E-state index is 4.78. The van der Waals surface area contributed by atoms with Crippen LogP contribution in [0.3, 0.4) is 0 Å². The van der Waals surface area contributed by atoms with E-state index in [9.17, 15) is 0 Å². The zero-order chi connectivity index (χ0) is 12.1. The molecule has 0 radical (unpaired) electrons. The highest BCUT2D eigenvalue weighted by Crippen LogP contribution is 2.34. The van der Waals surface area contributed by atoms with E-state index in [0.717, 1.165) is 11.0 Å². The van der Waals surface area contributed by atoms with Gasteiger partial charge >= 0.3 is 0 Å². The Morgan fingerprint density at radius 1 is 1.00 bits per heavy atom. The summed E-state index contributed by atoms with van der Waals surface area (Å²) in [5.41, 5.74) is 3.26. The third-order valence-corrected chi connectivity index (χ3v) is 5.58. The summed E-state index contributed by atoms with van der Waals surface area (Å²) in [6.45, 7) is 4.50. The zero-order valence-electron chi connectivity index (χ0n) is 10.6. The molecule has 2 nitrogen and oxygen atoms in total. The molecule has 1 aromatic heterocycles. The molecule has 0 spiro atoms. The molecule has 0 fully saturated rings. The Labute approximate surface area is 104 Å². The van der Waals surface area contributed by atoms with E-state index in [1.165, 1.54) is 30.6 Å². The SMILES string of the molecule is CCCP(CCC)c1cnc2ccccc2n1. The molecule has 0 aliphatic carbocycles. The molecule has 0 atom stereocenters. The summed E-state index contributed by atoms with van der Waals surface area (Å²) >= 11 is 0. The molecular weight excluding hydrogens is 227 g/mol. The summed E-state index contributed by atoms with van der Waals surface area (Å²) in [4.78, 5) is 9.30. The van der Waals surface area contributed by atoms with Crippen LogP contribution >= 0.6 is 7.92 Å². The minimum atomic E-state index is -0.103. The Hall–Kier alpha value is -1.01. The number of nitrogens with zero attached hydrogens (tertiary/aromatic N) is 2. The fourth-order valence-electron chi connectivity index (χ4n) is 1.98. The van der Waals surface area contributed by atoms with Crippen molar-refractivity contribution in [3.8, 4) is 0 Å². The summed E-state index contributed by atoms with van der Waals surface area (Å²) in [5, 5.41) is 0. The lowest BCUT2D eigenvalue weighted by Crippen LogP contribution is -2.11. The van der Waals surface area contributed by atoms with Gasteiger partial charge in [0.15, 0.2) is 0 Å². The van der Waals surface area contributed by atoms with Crippen molar-refractivity contribution in [2.75, 3.05) is 12.3 Å². The first-order valence-electron chi connectivity index (χ1n) is 6.32. The zero-order valence-corrected chi connectivity index (χ0v) is 11.5. The van der Waals surface area contributed by atoms with Crippen LogP contribution in [0.4, 0.5) is 0 Å². The van der Waals surface area contributed by atoms with Crippen molar-refractivity contribution < 1.29 is 0 Å². The second-order valence-corrected chi connectivity index (χ2v) is 6.64. The van der Waals surface area contributed by atoms with E-state index in [2.05, 4.69) is 24.9 Å². The van der Waals surface area contributed by atoms with Gasteiger partial charge in [0.1, 0.15) is 0 Å². The molecule has 0 bridgehead atoms. The van der Waals surface area contributed by atoms with Crippen LogP contribution in [0.25, 0.3) is 11.0 Å². The van der Waals surface area contributed by atoms with Crippen LogP contribution in [0, 0.1) is 0 Å². The monoisotopic (exact) mass is 246 g/mol. The van der Waals surface area contributed by atoms with E-state index in [1.807, 2.05) is 24.4 Å². The molecule has 0 aliphatic rings. The highest BCUT2D eigenvalue weighted by Gasteiger charge is 2.11. The Morgan fingerprint density at radius 3 is 2.29 bits per heavy atom. The first-order chi connectivity index (χ1) is 8.35. The maximum atomic E-state index is 4.78. The summed E-state index contributed by atoms with van der Waals surface area (Å²) in [7, 11) is -0.103. The predicted octanol–water partition coefficient (Wildman–Crippen LogP) is 3.56. The van der Waals surface area contributed by atoms with Crippen molar-refractivity contribution in [1.82, 2.24) is 9.97 Å². The summed E-state index contributed by atoms with van der Waals surface area (Å²) < 4.78 is 0. The molecule has 0 aliphatic heterocycles. The topological polar surface area (TPSA) is 25.8 Å². The van der Waals surface area contributed by atoms with Crippen LogP contribution in [0.15, 0.2) is 30.5 Å². The fourth-order valence-corrected chi connectivity index (χ4v) is 4.21. The van der Waals surface area contributed by atoms with Gasteiger partial charge in [0.2, 0.25) is 0 Å². The van der Waals surface area contributed by atoms with Crippen molar-refractivity contribution in [2.24, 2.45) is 0 Å². The predicted molar refractivity (Wildman–Crippen MR) is 76.4 cm³/mol. The second kappa shape index (κ2) is 6.07. The molecule has 2 rings (SSSR count). The second-order valence-electron chi connectivity index (χ2n) is 4.20. The van der Waals surface area contributed by atoms with Gasteiger partial charge < -0.3 is 0 Å². The molecule has 17 heavy (non-hydrogen) atoms. The Kier molecular flexibility index (Phi) is 4.44. The number of hydrogen-bond acceptors (Lipinski definition) is 2. The van der Waals surface area contributed by atoms with Gasteiger partial charge in [-0.25, -0.2) is 4.98 Å². The number of para-hydroxylation sites is 2. The van der Waals surface area contributed by atoms with E-state index in [1.54, 1.807) is 0 Å². The Bertz CT molecular complexity index is 478. The quantitative estimate of drug-likeness (QED) is 0.754. The Morgan fingerprint density at radius 2 is 1.65 bits per heavy atom. The lowest BCUT2D eigenvalue weighted by molar-refractivity contribution is 1.06. The molecule has 0 saturated carbocycles. The summed E-state index contributed by atoms with van der Waals surface area (Å²) in [6.07, 6.45) is 7.01. The summed E-state index contributed by atoms with van der Waals surface area (Å²) in [5.74, 6) is 0. The van der Waals surface area contributed by atoms with Crippen LogP contribution in [0.1, 0.15) is 26.7 Å². The van der Waals surface area contributed by atoms with Crippen molar-refractivity contribution in [3.63, 3.8) is 0 Å². The van der Waals surface area contributed by atoms with Crippen LogP contribution in [-0.2, 0) is 0 Å². The number of aromatic nitrogens is 2. The van der Waals surface area contributed by atoms with Crippen LogP contribution < -0.4 is 5.44 Å². The highest BCUT2D eigenvalue weighted by atomic mass is 31.1. The third-order valence-electron chi connectivity index (χ3n) is 2.75.